The first-order valence-electron chi connectivity index (χ1n) is 13.0. The Balaban J connectivity index is 1.25. The van der Waals surface area contributed by atoms with Gasteiger partial charge in [0, 0.05) is 30.3 Å². The number of pyridine rings is 1. The number of allylic oxidation sites excluding steroid dienone is 4. The summed E-state index contributed by atoms with van der Waals surface area (Å²) in [5, 5.41) is 7.53. The van der Waals surface area contributed by atoms with Crippen molar-refractivity contribution in [3.05, 3.63) is 96.3 Å². The van der Waals surface area contributed by atoms with Gasteiger partial charge in [0.25, 0.3) is 0 Å². The fourth-order valence-corrected chi connectivity index (χ4v) is 5.45. The highest BCUT2D eigenvalue weighted by Gasteiger charge is 2.14. The number of thiazole rings is 1. The Labute approximate surface area is 228 Å². The van der Waals surface area contributed by atoms with Gasteiger partial charge in [0.15, 0.2) is 5.13 Å². The van der Waals surface area contributed by atoms with Crippen LogP contribution in [0, 0.1) is 0 Å². The second-order valence-corrected chi connectivity index (χ2v) is 10.8. The van der Waals surface area contributed by atoms with Crippen LogP contribution in [0.25, 0.3) is 16.2 Å². The number of benzene rings is 1. The molecule has 1 saturated heterocycles. The molecule has 196 valence electrons. The average Bonchev–Trinajstić information content (AvgIpc) is 3.55. The van der Waals surface area contributed by atoms with Gasteiger partial charge in [-0.2, -0.15) is 0 Å². The minimum absolute atomic E-state index is 0.693. The maximum atomic E-state index is 6.03. The summed E-state index contributed by atoms with van der Waals surface area (Å²) >= 11 is 1.62. The van der Waals surface area contributed by atoms with Crippen molar-refractivity contribution in [1.29, 1.82) is 0 Å². The first-order valence-corrected chi connectivity index (χ1v) is 13.9. The third-order valence-electron chi connectivity index (χ3n) is 6.79. The molecule has 5 rings (SSSR count). The highest BCUT2D eigenvalue weighted by atomic mass is 32.1. The van der Waals surface area contributed by atoms with E-state index in [0.29, 0.717) is 5.69 Å². The SMILES string of the molecule is C=C(Nc1ccccc1N)/C(C)=C/C=C(\C)Nc1ncc(-c2cnc3ccc(CN4CCCCC4)cn23)s1. The molecule has 1 aliphatic heterocycles. The van der Waals surface area contributed by atoms with Crippen molar-refractivity contribution in [3.63, 3.8) is 0 Å². The Bertz CT molecular complexity index is 1490. The molecule has 0 aliphatic carbocycles. The standard InChI is InChI=1S/C30H35N7S/c1-21(23(3)35-26-10-6-5-9-25(26)31)11-12-22(2)34-30-33-18-28(38-30)27-17-32-29-14-13-24(20-37(27)29)19-36-15-7-4-8-16-36/h5-6,9-14,17-18,20,35H,3-4,7-8,15-16,19,31H2,1-2H3,(H,33,34)/b21-11+,22-12+. The van der Waals surface area contributed by atoms with Crippen LogP contribution in [0.4, 0.5) is 16.5 Å². The quantitative estimate of drug-likeness (QED) is 0.163. The maximum Gasteiger partial charge on any atom is 0.187 e. The van der Waals surface area contributed by atoms with E-state index in [9.17, 15) is 0 Å². The van der Waals surface area contributed by atoms with Crippen LogP contribution < -0.4 is 16.4 Å². The van der Waals surface area contributed by atoms with Crippen LogP contribution in [-0.2, 0) is 6.54 Å². The van der Waals surface area contributed by atoms with Gasteiger partial charge < -0.3 is 16.4 Å². The van der Waals surface area contributed by atoms with Crippen LogP contribution >= 0.6 is 11.3 Å². The molecule has 4 aromatic rings. The number of nitrogens with one attached hydrogen (secondary N) is 2. The third kappa shape index (κ3) is 6.15. The van der Waals surface area contributed by atoms with E-state index in [2.05, 4.69) is 54.8 Å². The highest BCUT2D eigenvalue weighted by molar-refractivity contribution is 7.18. The van der Waals surface area contributed by atoms with Crippen LogP contribution in [0.5, 0.6) is 0 Å². The molecule has 0 amide bonds. The second-order valence-electron chi connectivity index (χ2n) is 9.79. The van der Waals surface area contributed by atoms with Crippen molar-refractivity contribution in [2.24, 2.45) is 0 Å². The Kier molecular flexibility index (Phi) is 7.91. The van der Waals surface area contributed by atoms with E-state index in [0.717, 1.165) is 50.5 Å². The highest BCUT2D eigenvalue weighted by Crippen LogP contribution is 2.30. The van der Waals surface area contributed by atoms with E-state index < -0.39 is 0 Å². The lowest BCUT2D eigenvalue weighted by molar-refractivity contribution is 0.220. The van der Waals surface area contributed by atoms with Crippen LogP contribution in [0.15, 0.2) is 90.7 Å². The Hall–Kier alpha value is -3.88. The minimum Gasteiger partial charge on any atom is -0.397 e. The molecule has 38 heavy (non-hydrogen) atoms. The largest absolute Gasteiger partial charge is 0.397 e. The number of rotatable bonds is 9. The number of aromatic nitrogens is 3. The first kappa shape index (κ1) is 25.8. The number of nitrogens with zero attached hydrogens (tertiary/aromatic N) is 4. The molecule has 0 bridgehead atoms. The van der Waals surface area contributed by atoms with E-state index >= 15 is 0 Å². The number of hydrogen-bond donors (Lipinski definition) is 3. The Morgan fingerprint density at radius 3 is 2.66 bits per heavy atom. The molecular weight excluding hydrogens is 490 g/mol. The zero-order valence-corrected chi connectivity index (χ0v) is 22.9. The lowest BCUT2D eigenvalue weighted by Crippen LogP contribution is -2.29. The van der Waals surface area contributed by atoms with E-state index in [-0.39, 0.29) is 0 Å². The molecule has 1 aromatic carbocycles. The molecule has 4 heterocycles. The van der Waals surface area contributed by atoms with Gasteiger partial charge >= 0.3 is 0 Å². The van der Waals surface area contributed by atoms with E-state index in [1.165, 1.54) is 37.9 Å². The van der Waals surface area contributed by atoms with Gasteiger partial charge in [0.05, 0.1) is 28.1 Å². The first-order chi connectivity index (χ1) is 18.5. The van der Waals surface area contributed by atoms with E-state index in [1.807, 2.05) is 62.7 Å². The molecule has 0 spiro atoms. The summed E-state index contributed by atoms with van der Waals surface area (Å²) < 4.78 is 2.18. The maximum absolute atomic E-state index is 6.03. The van der Waals surface area contributed by atoms with Gasteiger partial charge in [-0.25, -0.2) is 9.97 Å². The molecule has 7 nitrogen and oxygen atoms in total. The number of hydrogen-bond acceptors (Lipinski definition) is 7. The van der Waals surface area contributed by atoms with Gasteiger partial charge in [0.1, 0.15) is 5.65 Å². The van der Waals surface area contributed by atoms with Crippen molar-refractivity contribution in [1.82, 2.24) is 19.3 Å². The molecule has 0 atom stereocenters. The number of imidazole rings is 1. The predicted molar refractivity (Wildman–Crippen MR) is 160 cm³/mol. The molecule has 0 saturated carbocycles. The summed E-state index contributed by atoms with van der Waals surface area (Å²) in [6, 6.07) is 12.0. The molecule has 4 N–H and O–H groups in total. The fraction of sp³-hybridized carbons (Fsp3) is 0.267. The second kappa shape index (κ2) is 11.7. The van der Waals surface area contributed by atoms with Crippen molar-refractivity contribution in [2.45, 2.75) is 39.7 Å². The van der Waals surface area contributed by atoms with Gasteiger partial charge in [-0.15, -0.1) is 0 Å². The minimum atomic E-state index is 0.693. The van der Waals surface area contributed by atoms with E-state index in [1.54, 1.807) is 11.3 Å². The fourth-order valence-electron chi connectivity index (χ4n) is 4.56. The predicted octanol–water partition coefficient (Wildman–Crippen LogP) is 6.91. The molecule has 0 radical (unpaired) electrons. The van der Waals surface area contributed by atoms with Gasteiger partial charge in [0.2, 0.25) is 0 Å². The molecular formula is C30H35N7S. The summed E-state index contributed by atoms with van der Waals surface area (Å²) in [6.07, 6.45) is 14.1. The zero-order chi connectivity index (χ0) is 26.5. The molecule has 0 unspecified atom stereocenters. The summed E-state index contributed by atoms with van der Waals surface area (Å²) in [6.45, 7) is 11.5. The smallest absolute Gasteiger partial charge is 0.187 e. The zero-order valence-electron chi connectivity index (χ0n) is 22.1. The summed E-state index contributed by atoms with van der Waals surface area (Å²) in [7, 11) is 0. The number of para-hydroxylation sites is 2. The van der Waals surface area contributed by atoms with Crippen LogP contribution in [0.1, 0.15) is 38.7 Å². The molecule has 8 heteroatoms. The number of nitrogens with two attached hydrogens (primary N) is 1. The molecule has 1 aliphatic rings. The van der Waals surface area contributed by atoms with Crippen molar-refractivity contribution >= 4 is 33.5 Å². The number of likely N-dealkylation sites (tertiary alicyclic amines) is 1. The summed E-state index contributed by atoms with van der Waals surface area (Å²) in [4.78, 5) is 12.9. The van der Waals surface area contributed by atoms with Crippen molar-refractivity contribution in [2.75, 3.05) is 29.5 Å². The van der Waals surface area contributed by atoms with Crippen molar-refractivity contribution in [3.8, 4) is 10.6 Å². The lowest BCUT2D eigenvalue weighted by Gasteiger charge is -2.26. The summed E-state index contributed by atoms with van der Waals surface area (Å²) in [5.74, 6) is 0. The average molecular weight is 526 g/mol. The van der Waals surface area contributed by atoms with Gasteiger partial charge in [-0.3, -0.25) is 9.30 Å². The van der Waals surface area contributed by atoms with Gasteiger partial charge in [-0.1, -0.05) is 48.6 Å². The van der Waals surface area contributed by atoms with Crippen LogP contribution in [0.3, 0.4) is 0 Å². The molecule has 3 aromatic heterocycles. The number of anilines is 3. The van der Waals surface area contributed by atoms with Gasteiger partial charge in [-0.05, 0) is 75.2 Å². The monoisotopic (exact) mass is 525 g/mol. The summed E-state index contributed by atoms with van der Waals surface area (Å²) in [5.41, 5.74) is 13.7. The molecule has 1 fully saturated rings. The van der Waals surface area contributed by atoms with Crippen LogP contribution in [-0.4, -0.2) is 32.4 Å². The number of piperidine rings is 1. The number of fused-ring (bicyclic) bond motifs is 1. The van der Waals surface area contributed by atoms with Crippen LogP contribution in [0.2, 0.25) is 0 Å². The lowest BCUT2D eigenvalue weighted by atomic mass is 10.1. The Morgan fingerprint density at radius 2 is 1.84 bits per heavy atom. The topological polar surface area (TPSA) is 83.5 Å². The van der Waals surface area contributed by atoms with E-state index in [4.69, 9.17) is 5.73 Å². The third-order valence-corrected chi connectivity index (χ3v) is 7.72. The Morgan fingerprint density at radius 1 is 1.03 bits per heavy atom. The van der Waals surface area contributed by atoms with Crippen molar-refractivity contribution < 1.29 is 0 Å². The normalized spacial score (nSPS) is 15.1. The number of nitrogen functional groups attached to an aromatic ring is 1.